The minimum Gasteiger partial charge on any atom is -0.497 e. The van der Waals surface area contributed by atoms with Crippen LogP contribution < -0.4 is 14.8 Å². The number of nitrogens with zero attached hydrogens (tertiary/aromatic N) is 2. The maximum Gasteiger partial charge on any atom is 0.244 e. The first-order valence-electron chi connectivity index (χ1n) is 12.0. The van der Waals surface area contributed by atoms with Crippen LogP contribution in [0.5, 0.6) is 11.5 Å². The van der Waals surface area contributed by atoms with E-state index in [1.54, 1.807) is 25.5 Å². The molecule has 0 bridgehead atoms. The minimum atomic E-state index is -0.0578. The average molecular weight is 460 g/mol. The molecule has 1 N–H and O–H groups in total. The predicted molar refractivity (Wildman–Crippen MR) is 134 cm³/mol. The normalized spacial score (nSPS) is 18.1. The van der Waals surface area contributed by atoms with Crippen LogP contribution in [-0.4, -0.2) is 35.2 Å². The first-order chi connectivity index (χ1) is 16.6. The zero-order valence-electron chi connectivity index (χ0n) is 19.9. The summed E-state index contributed by atoms with van der Waals surface area (Å²) in [6.45, 7) is 2.75. The van der Waals surface area contributed by atoms with Crippen molar-refractivity contribution in [3.05, 3.63) is 78.4 Å². The van der Waals surface area contributed by atoms with Crippen LogP contribution in [-0.2, 0) is 11.2 Å². The number of hydrogen-bond acceptors (Lipinski definition) is 4. The molecule has 1 amide bonds. The summed E-state index contributed by atoms with van der Waals surface area (Å²) in [5, 5.41) is 3.12. The van der Waals surface area contributed by atoms with Gasteiger partial charge in [-0.3, -0.25) is 4.79 Å². The number of amides is 1. The van der Waals surface area contributed by atoms with Gasteiger partial charge in [-0.1, -0.05) is 25.1 Å². The van der Waals surface area contributed by atoms with E-state index >= 15 is 0 Å². The van der Waals surface area contributed by atoms with Gasteiger partial charge in [0.2, 0.25) is 5.91 Å². The summed E-state index contributed by atoms with van der Waals surface area (Å²) >= 11 is 0. The largest absolute Gasteiger partial charge is 0.497 e. The second-order valence-electron chi connectivity index (χ2n) is 8.89. The van der Waals surface area contributed by atoms with E-state index in [1.165, 1.54) is 12.8 Å². The van der Waals surface area contributed by atoms with Crippen molar-refractivity contribution in [2.75, 3.05) is 13.7 Å². The topological polar surface area (TPSA) is 65.4 Å². The highest BCUT2D eigenvalue weighted by Crippen LogP contribution is 2.25. The number of para-hydroxylation sites is 1. The highest BCUT2D eigenvalue weighted by Gasteiger charge is 2.18. The molecular weight excluding hydrogens is 426 g/mol. The number of aromatic nitrogens is 2. The van der Waals surface area contributed by atoms with Crippen molar-refractivity contribution in [3.8, 4) is 17.2 Å². The van der Waals surface area contributed by atoms with Crippen LogP contribution in [0.4, 0.5) is 0 Å². The van der Waals surface area contributed by atoms with E-state index in [-0.39, 0.29) is 11.9 Å². The molecular formula is C28H33N3O3. The zero-order chi connectivity index (χ0) is 23.8. The van der Waals surface area contributed by atoms with Crippen molar-refractivity contribution < 1.29 is 14.3 Å². The molecule has 1 aromatic heterocycles. The number of carbonyl (C=O) groups is 1. The van der Waals surface area contributed by atoms with Crippen LogP contribution in [0.1, 0.15) is 44.0 Å². The van der Waals surface area contributed by atoms with Crippen LogP contribution >= 0.6 is 0 Å². The van der Waals surface area contributed by atoms with Gasteiger partial charge in [0, 0.05) is 42.7 Å². The van der Waals surface area contributed by atoms with E-state index in [4.69, 9.17) is 9.47 Å². The van der Waals surface area contributed by atoms with E-state index in [1.807, 2.05) is 42.6 Å². The molecule has 0 spiro atoms. The molecule has 4 rings (SSSR count). The lowest BCUT2D eigenvalue weighted by molar-refractivity contribution is -0.117. The first-order valence-corrected chi connectivity index (χ1v) is 12.0. The van der Waals surface area contributed by atoms with Crippen molar-refractivity contribution in [2.24, 2.45) is 5.92 Å². The Morgan fingerprint density at radius 1 is 1.12 bits per heavy atom. The Morgan fingerprint density at radius 2 is 1.88 bits per heavy atom. The van der Waals surface area contributed by atoms with E-state index in [0.717, 1.165) is 35.8 Å². The summed E-state index contributed by atoms with van der Waals surface area (Å²) in [4.78, 5) is 16.9. The number of rotatable bonds is 9. The molecule has 6 nitrogen and oxygen atoms in total. The molecule has 1 saturated carbocycles. The lowest BCUT2D eigenvalue weighted by atomic mass is 9.87. The molecule has 34 heavy (non-hydrogen) atoms. The quantitative estimate of drug-likeness (QED) is 0.446. The number of nitrogens with one attached hydrogen (secondary N) is 1. The number of methoxy groups -OCH3 is 1. The Balaban J connectivity index is 1.35. The van der Waals surface area contributed by atoms with E-state index < -0.39 is 0 Å². The van der Waals surface area contributed by atoms with Gasteiger partial charge in [0.15, 0.2) is 0 Å². The lowest BCUT2D eigenvalue weighted by Crippen LogP contribution is -2.36. The Bertz CT molecular complexity index is 1100. The second kappa shape index (κ2) is 11.5. The Morgan fingerprint density at radius 3 is 2.65 bits per heavy atom. The molecule has 0 unspecified atom stereocenters. The van der Waals surface area contributed by atoms with Gasteiger partial charge in [-0.05, 0) is 67.5 Å². The fraction of sp³-hybridized carbons (Fsp3) is 0.357. The van der Waals surface area contributed by atoms with Gasteiger partial charge in [0.25, 0.3) is 0 Å². The lowest BCUT2D eigenvalue weighted by Gasteiger charge is -2.26. The average Bonchev–Trinajstić information content (AvgIpc) is 3.33. The monoisotopic (exact) mass is 459 g/mol. The second-order valence-corrected chi connectivity index (χ2v) is 8.89. The Kier molecular flexibility index (Phi) is 8.02. The fourth-order valence-electron chi connectivity index (χ4n) is 4.32. The van der Waals surface area contributed by atoms with Gasteiger partial charge < -0.3 is 19.4 Å². The summed E-state index contributed by atoms with van der Waals surface area (Å²) in [6, 6.07) is 16.1. The van der Waals surface area contributed by atoms with Gasteiger partial charge >= 0.3 is 0 Å². The number of imidazole rings is 1. The highest BCUT2D eigenvalue weighted by atomic mass is 16.5. The maximum absolute atomic E-state index is 12.4. The van der Waals surface area contributed by atoms with Crippen molar-refractivity contribution in [2.45, 2.75) is 45.1 Å². The third kappa shape index (κ3) is 6.50. The van der Waals surface area contributed by atoms with E-state index in [0.29, 0.717) is 24.5 Å². The molecule has 1 heterocycles. The standard InChI is InChI=1S/C28H33N3O3/c1-21-8-11-23(12-9-21)30-28(32)13-10-22-18-25(33-2)20-26(19-22)34-17-14-27-29-15-16-31(27)24-6-4-3-5-7-24/h3-7,10,13,15-16,18-21,23H,8-9,11-12,14,17H2,1-2H3,(H,30,32)/b13-10+. The van der Waals surface area contributed by atoms with E-state index in [2.05, 4.69) is 33.9 Å². The summed E-state index contributed by atoms with van der Waals surface area (Å²) < 4.78 is 13.5. The third-order valence-electron chi connectivity index (χ3n) is 6.27. The van der Waals surface area contributed by atoms with Gasteiger partial charge in [-0.2, -0.15) is 0 Å². The van der Waals surface area contributed by atoms with E-state index in [9.17, 15) is 4.79 Å². The van der Waals surface area contributed by atoms with Crippen molar-refractivity contribution in [3.63, 3.8) is 0 Å². The molecule has 0 aliphatic heterocycles. The minimum absolute atomic E-state index is 0.0578. The number of hydrogen-bond donors (Lipinski definition) is 1. The SMILES string of the molecule is COc1cc(/C=C/C(=O)NC2CCC(C)CC2)cc(OCCc2nccn2-c2ccccc2)c1. The Hall–Kier alpha value is -3.54. The summed E-state index contributed by atoms with van der Waals surface area (Å²) in [6.07, 6.45) is 12.3. The highest BCUT2D eigenvalue weighted by molar-refractivity contribution is 5.92. The van der Waals surface area contributed by atoms with Crippen molar-refractivity contribution >= 4 is 12.0 Å². The Labute approximate surface area is 201 Å². The van der Waals surface area contributed by atoms with Gasteiger partial charge in [-0.15, -0.1) is 0 Å². The fourth-order valence-corrected chi connectivity index (χ4v) is 4.32. The molecule has 1 aliphatic rings. The van der Waals surface area contributed by atoms with Crippen LogP contribution in [0.2, 0.25) is 0 Å². The molecule has 0 atom stereocenters. The van der Waals surface area contributed by atoms with Gasteiger partial charge in [0.1, 0.15) is 17.3 Å². The summed E-state index contributed by atoms with van der Waals surface area (Å²) in [7, 11) is 1.63. The van der Waals surface area contributed by atoms with Crippen LogP contribution in [0.15, 0.2) is 67.0 Å². The maximum atomic E-state index is 12.4. The van der Waals surface area contributed by atoms with Crippen molar-refractivity contribution in [1.29, 1.82) is 0 Å². The molecule has 178 valence electrons. The molecule has 2 aromatic carbocycles. The molecule has 1 fully saturated rings. The smallest absolute Gasteiger partial charge is 0.244 e. The molecule has 0 radical (unpaired) electrons. The third-order valence-corrected chi connectivity index (χ3v) is 6.27. The zero-order valence-corrected chi connectivity index (χ0v) is 19.9. The predicted octanol–water partition coefficient (Wildman–Crippen LogP) is 5.21. The van der Waals surface area contributed by atoms with Crippen LogP contribution in [0, 0.1) is 5.92 Å². The number of benzene rings is 2. The summed E-state index contributed by atoms with van der Waals surface area (Å²) in [5.74, 6) is 3.01. The van der Waals surface area contributed by atoms with Gasteiger partial charge in [0.05, 0.1) is 13.7 Å². The van der Waals surface area contributed by atoms with Crippen molar-refractivity contribution in [1.82, 2.24) is 14.9 Å². The molecule has 1 aliphatic carbocycles. The van der Waals surface area contributed by atoms with Crippen LogP contribution in [0.3, 0.4) is 0 Å². The van der Waals surface area contributed by atoms with Crippen LogP contribution in [0.25, 0.3) is 11.8 Å². The number of ether oxygens (including phenoxy) is 2. The first kappa shape index (κ1) is 23.6. The number of carbonyl (C=O) groups excluding carboxylic acids is 1. The molecule has 6 heteroatoms. The summed E-state index contributed by atoms with van der Waals surface area (Å²) in [5.41, 5.74) is 1.93. The molecule has 0 saturated heterocycles. The molecule has 3 aromatic rings. The van der Waals surface area contributed by atoms with Gasteiger partial charge in [-0.25, -0.2) is 4.98 Å².